The number of furan rings is 1. The van der Waals surface area contributed by atoms with E-state index in [2.05, 4.69) is 5.32 Å². The van der Waals surface area contributed by atoms with E-state index in [1.807, 2.05) is 32.0 Å². The lowest BCUT2D eigenvalue weighted by Gasteiger charge is -2.21. The van der Waals surface area contributed by atoms with E-state index in [9.17, 15) is 15.0 Å². The molecule has 1 aromatic carbocycles. The van der Waals surface area contributed by atoms with Gasteiger partial charge in [-0.2, -0.15) is 0 Å². The van der Waals surface area contributed by atoms with E-state index in [0.29, 0.717) is 24.2 Å². The zero-order valence-corrected chi connectivity index (χ0v) is 11.6. The maximum absolute atomic E-state index is 11.2. The van der Waals surface area contributed by atoms with Crippen LogP contribution in [-0.2, 0) is 6.54 Å². The van der Waals surface area contributed by atoms with Gasteiger partial charge < -0.3 is 19.9 Å². The van der Waals surface area contributed by atoms with E-state index in [-0.39, 0.29) is 17.8 Å². The van der Waals surface area contributed by atoms with Crippen molar-refractivity contribution in [2.45, 2.75) is 20.4 Å². The van der Waals surface area contributed by atoms with Crippen molar-refractivity contribution in [3.8, 4) is 0 Å². The Kier molecular flexibility index (Phi) is 4.11. The minimum Gasteiger partial charge on any atom is -0.475 e. The van der Waals surface area contributed by atoms with Gasteiger partial charge in [-0.3, -0.25) is 0 Å². The number of nitrogens with one attached hydrogen (secondary N) is 1. The van der Waals surface area contributed by atoms with Gasteiger partial charge in [0.2, 0.25) is 5.76 Å². The zero-order chi connectivity index (χ0) is 14.8. The number of aliphatic hydroxyl groups is 1. The summed E-state index contributed by atoms with van der Waals surface area (Å²) in [6, 6.07) is 7.26. The topological polar surface area (TPSA) is 82.7 Å². The largest absolute Gasteiger partial charge is 0.475 e. The lowest BCUT2D eigenvalue weighted by atomic mass is 9.95. The number of hydrogen-bond donors (Lipinski definition) is 3. The Bertz CT molecular complexity index is 615. The highest BCUT2D eigenvalue weighted by Crippen LogP contribution is 2.26. The van der Waals surface area contributed by atoms with Crippen LogP contribution < -0.4 is 5.32 Å². The fourth-order valence-corrected chi connectivity index (χ4v) is 2.03. The Morgan fingerprint density at radius 1 is 1.35 bits per heavy atom. The van der Waals surface area contributed by atoms with Crippen LogP contribution in [0.25, 0.3) is 11.0 Å². The van der Waals surface area contributed by atoms with E-state index >= 15 is 0 Å². The molecule has 1 heterocycles. The molecular weight excluding hydrogens is 258 g/mol. The molecule has 0 atom stereocenters. The van der Waals surface area contributed by atoms with Crippen molar-refractivity contribution in [1.29, 1.82) is 0 Å². The molecule has 0 unspecified atom stereocenters. The molecule has 0 bridgehead atoms. The Balaban J connectivity index is 2.24. The molecule has 3 N–H and O–H groups in total. The fourth-order valence-electron chi connectivity index (χ4n) is 2.03. The van der Waals surface area contributed by atoms with E-state index in [1.165, 1.54) is 0 Å². The molecule has 0 saturated heterocycles. The quantitative estimate of drug-likeness (QED) is 0.754. The van der Waals surface area contributed by atoms with Crippen LogP contribution in [0.4, 0.5) is 0 Å². The van der Waals surface area contributed by atoms with Crippen molar-refractivity contribution >= 4 is 16.9 Å². The highest BCUT2D eigenvalue weighted by molar-refractivity contribution is 5.95. The summed E-state index contributed by atoms with van der Waals surface area (Å²) in [4.78, 5) is 11.2. The lowest BCUT2D eigenvalue weighted by Crippen LogP contribution is -2.32. The van der Waals surface area contributed by atoms with Crippen LogP contribution in [0.2, 0.25) is 0 Å². The van der Waals surface area contributed by atoms with Crippen molar-refractivity contribution in [2.75, 3.05) is 13.2 Å². The van der Waals surface area contributed by atoms with E-state index < -0.39 is 5.97 Å². The van der Waals surface area contributed by atoms with Gasteiger partial charge in [-0.1, -0.05) is 32.0 Å². The van der Waals surface area contributed by atoms with Crippen LogP contribution in [0.5, 0.6) is 0 Å². The van der Waals surface area contributed by atoms with Crippen LogP contribution in [0.1, 0.15) is 30.0 Å². The molecule has 2 aromatic rings. The Hall–Kier alpha value is -1.85. The Labute approximate surface area is 117 Å². The number of fused-ring (bicyclic) bond motifs is 1. The molecule has 5 nitrogen and oxygen atoms in total. The van der Waals surface area contributed by atoms with Crippen LogP contribution in [-0.4, -0.2) is 29.3 Å². The first-order valence-corrected chi connectivity index (χ1v) is 6.50. The summed E-state index contributed by atoms with van der Waals surface area (Å²) in [6.07, 6.45) is 0. The van der Waals surface area contributed by atoms with Crippen LogP contribution in [0, 0.1) is 5.41 Å². The summed E-state index contributed by atoms with van der Waals surface area (Å²) in [7, 11) is 0. The van der Waals surface area contributed by atoms with E-state index in [4.69, 9.17) is 4.42 Å². The van der Waals surface area contributed by atoms with E-state index in [1.54, 1.807) is 6.07 Å². The van der Waals surface area contributed by atoms with Gasteiger partial charge in [-0.15, -0.1) is 0 Å². The Morgan fingerprint density at radius 3 is 2.70 bits per heavy atom. The molecule has 2 rings (SSSR count). The fraction of sp³-hybridized carbons (Fsp3) is 0.400. The number of carboxylic acid groups (broad SMARTS) is 1. The van der Waals surface area contributed by atoms with Gasteiger partial charge >= 0.3 is 5.97 Å². The van der Waals surface area contributed by atoms with Crippen LogP contribution in [0.3, 0.4) is 0 Å². The summed E-state index contributed by atoms with van der Waals surface area (Å²) in [5, 5.41) is 22.4. The average molecular weight is 277 g/mol. The maximum Gasteiger partial charge on any atom is 0.372 e. The Morgan fingerprint density at radius 2 is 2.05 bits per heavy atom. The minimum atomic E-state index is -1.07. The molecule has 20 heavy (non-hydrogen) atoms. The molecule has 0 amide bonds. The molecule has 1 aromatic heterocycles. The highest BCUT2D eigenvalue weighted by Gasteiger charge is 2.21. The summed E-state index contributed by atoms with van der Waals surface area (Å²) >= 11 is 0. The molecule has 0 saturated carbocycles. The number of hydrogen-bond acceptors (Lipinski definition) is 4. The van der Waals surface area contributed by atoms with Crippen molar-refractivity contribution < 1.29 is 19.4 Å². The maximum atomic E-state index is 11.2. The summed E-state index contributed by atoms with van der Waals surface area (Å²) in [5.74, 6) is -1.10. The number of carbonyl (C=O) groups is 1. The van der Waals surface area contributed by atoms with Crippen LogP contribution in [0.15, 0.2) is 28.7 Å². The zero-order valence-electron chi connectivity index (χ0n) is 11.6. The highest BCUT2D eigenvalue weighted by atomic mass is 16.4. The van der Waals surface area contributed by atoms with Crippen molar-refractivity contribution in [2.24, 2.45) is 5.41 Å². The van der Waals surface area contributed by atoms with Gasteiger partial charge in [0.05, 0.1) is 0 Å². The second kappa shape index (κ2) is 5.64. The molecule has 0 aliphatic heterocycles. The van der Waals surface area contributed by atoms with Gasteiger partial charge in [0.15, 0.2) is 0 Å². The van der Waals surface area contributed by atoms with Crippen LogP contribution >= 0.6 is 0 Å². The molecule has 0 aliphatic carbocycles. The smallest absolute Gasteiger partial charge is 0.372 e. The minimum absolute atomic E-state index is 0.0273. The first kappa shape index (κ1) is 14.6. The number of aromatic carboxylic acids is 1. The lowest BCUT2D eigenvalue weighted by molar-refractivity contribution is 0.0663. The van der Waals surface area contributed by atoms with E-state index in [0.717, 1.165) is 5.39 Å². The number of rotatable bonds is 6. The van der Waals surface area contributed by atoms with Crippen molar-refractivity contribution in [3.63, 3.8) is 0 Å². The summed E-state index contributed by atoms with van der Waals surface area (Å²) < 4.78 is 5.38. The molecule has 0 spiro atoms. The first-order valence-electron chi connectivity index (χ1n) is 6.50. The SMILES string of the molecule is CC(C)(CO)CNCc1c(C(=O)O)oc2ccccc12. The third kappa shape index (κ3) is 3.00. The normalized spacial score (nSPS) is 11.9. The average Bonchev–Trinajstić information content (AvgIpc) is 2.78. The second-order valence-electron chi connectivity index (χ2n) is 5.64. The predicted octanol–water partition coefficient (Wildman–Crippen LogP) is 2.24. The third-order valence-electron chi connectivity index (χ3n) is 3.23. The molecule has 0 radical (unpaired) electrons. The number of carboxylic acids is 1. The summed E-state index contributed by atoms with van der Waals surface area (Å²) in [5.41, 5.74) is 0.966. The van der Waals surface area contributed by atoms with Gasteiger partial charge in [0.25, 0.3) is 0 Å². The van der Waals surface area contributed by atoms with Gasteiger partial charge in [0.1, 0.15) is 5.58 Å². The van der Waals surface area contributed by atoms with Crippen molar-refractivity contribution in [1.82, 2.24) is 5.32 Å². The number of aliphatic hydroxyl groups excluding tert-OH is 1. The predicted molar refractivity (Wildman–Crippen MR) is 75.7 cm³/mol. The number of para-hydroxylation sites is 1. The monoisotopic (exact) mass is 277 g/mol. The third-order valence-corrected chi connectivity index (χ3v) is 3.23. The molecule has 5 heteroatoms. The summed E-state index contributed by atoms with van der Waals surface area (Å²) in [6.45, 7) is 4.92. The second-order valence-corrected chi connectivity index (χ2v) is 5.64. The number of benzene rings is 1. The van der Waals surface area contributed by atoms with Gasteiger partial charge in [-0.25, -0.2) is 4.79 Å². The molecule has 0 fully saturated rings. The van der Waals surface area contributed by atoms with Gasteiger partial charge in [-0.05, 0) is 6.07 Å². The molecule has 108 valence electrons. The first-order chi connectivity index (χ1) is 9.44. The van der Waals surface area contributed by atoms with Crippen molar-refractivity contribution in [3.05, 3.63) is 35.6 Å². The molecular formula is C15H19NO4. The van der Waals surface area contributed by atoms with Gasteiger partial charge in [0, 0.05) is 36.1 Å². The molecule has 0 aliphatic rings. The standard InChI is InChI=1S/C15H19NO4/c1-15(2,9-17)8-16-7-11-10-5-3-4-6-12(10)20-13(11)14(18)19/h3-6,16-17H,7-9H2,1-2H3,(H,18,19).